The van der Waals surface area contributed by atoms with Crippen LogP contribution in [0.3, 0.4) is 0 Å². The van der Waals surface area contributed by atoms with E-state index in [1.165, 1.54) is 37.7 Å². The summed E-state index contributed by atoms with van der Waals surface area (Å²) in [5.74, 6) is 0.797. The number of fused-ring (bicyclic) bond motifs is 1. The van der Waals surface area contributed by atoms with Gasteiger partial charge in [-0.3, -0.25) is 0 Å². The second kappa shape index (κ2) is 6.77. The SMILES string of the molecule is Clc1nc(NC2CCCCC2)c2c(ncn2Cc2ccccc2)n1. The maximum atomic E-state index is 6.10. The number of hydrogen-bond donors (Lipinski definition) is 1. The van der Waals surface area contributed by atoms with Crippen LogP contribution in [0.2, 0.25) is 5.28 Å². The number of benzene rings is 1. The van der Waals surface area contributed by atoms with Crippen molar-refractivity contribution in [2.75, 3.05) is 5.32 Å². The number of imidazole rings is 1. The van der Waals surface area contributed by atoms with Crippen LogP contribution in [0, 0.1) is 0 Å². The molecule has 0 atom stereocenters. The van der Waals surface area contributed by atoms with Gasteiger partial charge in [0.2, 0.25) is 5.28 Å². The van der Waals surface area contributed by atoms with Gasteiger partial charge in [0.1, 0.15) is 5.52 Å². The molecule has 1 aliphatic rings. The zero-order valence-corrected chi connectivity index (χ0v) is 14.2. The van der Waals surface area contributed by atoms with Crippen molar-refractivity contribution in [1.82, 2.24) is 19.5 Å². The van der Waals surface area contributed by atoms with E-state index in [0.29, 0.717) is 11.7 Å². The minimum absolute atomic E-state index is 0.241. The first-order valence-corrected chi connectivity index (χ1v) is 8.86. The monoisotopic (exact) mass is 341 g/mol. The first kappa shape index (κ1) is 15.4. The van der Waals surface area contributed by atoms with Gasteiger partial charge in [0, 0.05) is 12.6 Å². The Morgan fingerprint density at radius 1 is 1.08 bits per heavy atom. The number of hydrogen-bond acceptors (Lipinski definition) is 4. The van der Waals surface area contributed by atoms with Crippen molar-refractivity contribution >= 4 is 28.6 Å². The van der Waals surface area contributed by atoms with Gasteiger partial charge in [-0.05, 0) is 30.0 Å². The maximum Gasteiger partial charge on any atom is 0.226 e. The molecule has 1 aliphatic carbocycles. The van der Waals surface area contributed by atoms with Gasteiger partial charge in [-0.1, -0.05) is 49.6 Å². The second-order valence-corrected chi connectivity index (χ2v) is 6.69. The summed E-state index contributed by atoms with van der Waals surface area (Å²) in [6, 6.07) is 10.8. The number of anilines is 1. The van der Waals surface area contributed by atoms with E-state index < -0.39 is 0 Å². The van der Waals surface area contributed by atoms with Gasteiger partial charge in [0.05, 0.1) is 6.33 Å². The van der Waals surface area contributed by atoms with Crippen LogP contribution in [0.5, 0.6) is 0 Å². The number of aromatic nitrogens is 4. The topological polar surface area (TPSA) is 55.6 Å². The number of rotatable bonds is 4. The van der Waals surface area contributed by atoms with Crippen molar-refractivity contribution in [2.24, 2.45) is 0 Å². The first-order valence-electron chi connectivity index (χ1n) is 8.48. The Labute approximate surface area is 146 Å². The van der Waals surface area contributed by atoms with Crippen LogP contribution < -0.4 is 5.32 Å². The fourth-order valence-electron chi connectivity index (χ4n) is 3.39. The van der Waals surface area contributed by atoms with Gasteiger partial charge >= 0.3 is 0 Å². The summed E-state index contributed by atoms with van der Waals surface area (Å²) >= 11 is 6.10. The zero-order valence-electron chi connectivity index (χ0n) is 13.5. The molecule has 24 heavy (non-hydrogen) atoms. The summed E-state index contributed by atoms with van der Waals surface area (Å²) in [5, 5.41) is 3.82. The molecule has 0 unspecified atom stereocenters. The van der Waals surface area contributed by atoms with Crippen molar-refractivity contribution < 1.29 is 0 Å². The molecule has 6 heteroatoms. The molecule has 1 N–H and O–H groups in total. The third kappa shape index (κ3) is 3.22. The van der Waals surface area contributed by atoms with Crippen LogP contribution in [-0.4, -0.2) is 25.6 Å². The van der Waals surface area contributed by atoms with Crippen molar-refractivity contribution in [2.45, 2.75) is 44.7 Å². The predicted molar refractivity (Wildman–Crippen MR) is 96.4 cm³/mol. The molecule has 2 aromatic heterocycles. The lowest BCUT2D eigenvalue weighted by molar-refractivity contribution is 0.462. The van der Waals surface area contributed by atoms with Gasteiger partial charge in [-0.25, -0.2) is 4.98 Å². The van der Waals surface area contributed by atoms with Gasteiger partial charge in [0.15, 0.2) is 11.5 Å². The normalized spacial score (nSPS) is 15.7. The average Bonchev–Trinajstić information content (AvgIpc) is 2.99. The summed E-state index contributed by atoms with van der Waals surface area (Å²) in [4.78, 5) is 13.1. The summed E-state index contributed by atoms with van der Waals surface area (Å²) in [6.07, 6.45) is 8.02. The molecule has 0 bridgehead atoms. The Hall–Kier alpha value is -2.14. The molecule has 3 aromatic rings. The van der Waals surface area contributed by atoms with Crippen molar-refractivity contribution in [3.63, 3.8) is 0 Å². The van der Waals surface area contributed by atoms with E-state index in [1.54, 1.807) is 0 Å². The Balaban J connectivity index is 1.70. The molecule has 0 aliphatic heterocycles. The lowest BCUT2D eigenvalue weighted by atomic mass is 9.95. The highest BCUT2D eigenvalue weighted by molar-refractivity contribution is 6.28. The molecule has 1 saturated carbocycles. The summed E-state index contributed by atoms with van der Waals surface area (Å²) in [5.41, 5.74) is 2.79. The second-order valence-electron chi connectivity index (χ2n) is 6.35. The summed E-state index contributed by atoms with van der Waals surface area (Å²) in [7, 11) is 0. The van der Waals surface area contributed by atoms with Gasteiger partial charge in [-0.2, -0.15) is 9.97 Å². The van der Waals surface area contributed by atoms with E-state index in [0.717, 1.165) is 17.9 Å². The van der Waals surface area contributed by atoms with Gasteiger partial charge < -0.3 is 9.88 Å². The van der Waals surface area contributed by atoms with Crippen molar-refractivity contribution in [3.05, 3.63) is 47.5 Å². The molecule has 1 aromatic carbocycles. The van der Waals surface area contributed by atoms with Gasteiger partial charge in [-0.15, -0.1) is 0 Å². The zero-order chi connectivity index (χ0) is 16.4. The van der Waals surface area contributed by atoms with Crippen molar-refractivity contribution in [3.8, 4) is 0 Å². The van der Waals surface area contributed by atoms with E-state index in [4.69, 9.17) is 11.6 Å². The lowest BCUT2D eigenvalue weighted by Crippen LogP contribution is -2.23. The van der Waals surface area contributed by atoms with Crippen LogP contribution in [0.4, 0.5) is 5.82 Å². The molecule has 124 valence electrons. The van der Waals surface area contributed by atoms with Crippen LogP contribution in [-0.2, 0) is 6.54 Å². The highest BCUT2D eigenvalue weighted by Crippen LogP contribution is 2.26. The van der Waals surface area contributed by atoms with E-state index in [9.17, 15) is 0 Å². The molecule has 5 nitrogen and oxygen atoms in total. The summed E-state index contributed by atoms with van der Waals surface area (Å²) < 4.78 is 2.09. The molecule has 4 rings (SSSR count). The lowest BCUT2D eigenvalue weighted by Gasteiger charge is -2.23. The predicted octanol–water partition coefficient (Wildman–Crippen LogP) is 4.27. The van der Waals surface area contributed by atoms with Crippen LogP contribution in [0.15, 0.2) is 36.7 Å². The Bertz CT molecular complexity index is 824. The standard InChI is InChI=1S/C18H20ClN5/c19-18-22-16-15(17(23-18)21-14-9-5-2-6-10-14)24(12-20-16)11-13-7-3-1-4-8-13/h1,3-4,7-8,12,14H,2,5-6,9-11H2,(H,21,22,23). The quantitative estimate of drug-likeness (QED) is 0.720. The van der Waals surface area contributed by atoms with Gasteiger partial charge in [0.25, 0.3) is 0 Å². The van der Waals surface area contributed by atoms with E-state index in [-0.39, 0.29) is 5.28 Å². The van der Waals surface area contributed by atoms with Crippen molar-refractivity contribution in [1.29, 1.82) is 0 Å². The fraction of sp³-hybridized carbons (Fsp3) is 0.389. The highest BCUT2D eigenvalue weighted by Gasteiger charge is 2.18. The summed E-state index contributed by atoms with van der Waals surface area (Å²) in [6.45, 7) is 0.738. The smallest absolute Gasteiger partial charge is 0.226 e. The highest BCUT2D eigenvalue weighted by atomic mass is 35.5. The molecule has 1 fully saturated rings. The number of nitrogens with zero attached hydrogens (tertiary/aromatic N) is 4. The molecular weight excluding hydrogens is 322 g/mol. The van der Waals surface area contributed by atoms with E-state index >= 15 is 0 Å². The minimum atomic E-state index is 0.241. The Morgan fingerprint density at radius 2 is 1.88 bits per heavy atom. The minimum Gasteiger partial charge on any atom is -0.365 e. The van der Waals surface area contributed by atoms with Crippen LogP contribution in [0.25, 0.3) is 11.2 Å². The van der Waals surface area contributed by atoms with Crippen LogP contribution in [0.1, 0.15) is 37.7 Å². The van der Waals surface area contributed by atoms with Crippen LogP contribution >= 0.6 is 11.6 Å². The molecular formula is C18H20ClN5. The third-order valence-corrected chi connectivity index (χ3v) is 4.76. The Morgan fingerprint density at radius 3 is 2.67 bits per heavy atom. The van der Waals surface area contributed by atoms with E-state index in [2.05, 4.69) is 37.0 Å². The first-order chi connectivity index (χ1) is 11.8. The molecule has 0 spiro atoms. The molecule has 0 amide bonds. The average molecular weight is 342 g/mol. The number of nitrogens with one attached hydrogen (secondary N) is 1. The fourth-order valence-corrected chi connectivity index (χ4v) is 3.56. The molecule has 0 radical (unpaired) electrons. The maximum absolute atomic E-state index is 6.10. The molecule has 0 saturated heterocycles. The largest absolute Gasteiger partial charge is 0.365 e. The Kier molecular flexibility index (Phi) is 4.34. The molecule has 2 heterocycles. The van der Waals surface area contributed by atoms with E-state index in [1.807, 2.05) is 24.5 Å². The third-order valence-electron chi connectivity index (χ3n) is 4.59. The number of halogens is 1.